The number of nitrogens with one attached hydrogen (secondary N) is 1. The molecule has 1 heterocycles. The number of benzene rings is 1. The maximum absolute atomic E-state index is 13.0. The number of amides is 1. The Hall–Kier alpha value is -1.35. The first kappa shape index (κ1) is 14.6. The van der Waals surface area contributed by atoms with Gasteiger partial charge < -0.3 is 10.2 Å². The average Bonchev–Trinajstić information content (AvgIpc) is 2.53. The highest BCUT2D eigenvalue weighted by Crippen LogP contribution is 2.38. The number of nitrogens with zero attached hydrogens (tertiary/aromatic N) is 1. The molecule has 21 heavy (non-hydrogen) atoms. The summed E-state index contributed by atoms with van der Waals surface area (Å²) in [6.07, 6.45) is 5.32. The Bertz CT molecular complexity index is 520. The van der Waals surface area contributed by atoms with E-state index in [-0.39, 0.29) is 11.5 Å². The second-order valence-electron chi connectivity index (χ2n) is 6.83. The molecule has 0 saturated carbocycles. The standard InChI is InChI=1S/C18H26N2O/c1-18(10-12-19-13-11-18)17(21)20(2)16-9-5-7-14-6-3-4-8-15(14)16/h3-4,6,8,16,19H,5,7,9-13H2,1-2H3. The first-order valence-electron chi connectivity index (χ1n) is 8.18. The fourth-order valence-electron chi connectivity index (χ4n) is 3.89. The summed E-state index contributed by atoms with van der Waals surface area (Å²) in [4.78, 5) is 15.1. The summed E-state index contributed by atoms with van der Waals surface area (Å²) in [5, 5.41) is 3.36. The van der Waals surface area contributed by atoms with Crippen LogP contribution in [-0.4, -0.2) is 30.9 Å². The van der Waals surface area contributed by atoms with Crippen molar-refractivity contribution in [3.8, 4) is 0 Å². The normalized spacial score (nSPS) is 24.2. The summed E-state index contributed by atoms with van der Waals surface area (Å²) >= 11 is 0. The Labute approximate surface area is 127 Å². The molecule has 1 amide bonds. The van der Waals surface area contributed by atoms with Crippen LogP contribution < -0.4 is 5.32 Å². The third-order valence-corrected chi connectivity index (χ3v) is 5.35. The minimum atomic E-state index is -0.188. The van der Waals surface area contributed by atoms with Gasteiger partial charge in [-0.05, 0) is 56.3 Å². The molecule has 1 aromatic carbocycles. The number of carbonyl (C=O) groups excluding carboxylic acids is 1. The number of hydrogen-bond donors (Lipinski definition) is 1. The van der Waals surface area contributed by atoms with Crippen molar-refractivity contribution in [2.24, 2.45) is 5.41 Å². The molecule has 1 aromatic rings. The van der Waals surface area contributed by atoms with E-state index in [1.807, 2.05) is 11.9 Å². The van der Waals surface area contributed by atoms with Crippen molar-refractivity contribution in [2.45, 2.75) is 45.1 Å². The number of aryl methyl sites for hydroxylation is 1. The van der Waals surface area contributed by atoms with Crippen LogP contribution in [0.25, 0.3) is 0 Å². The fraction of sp³-hybridized carbons (Fsp3) is 0.611. The van der Waals surface area contributed by atoms with Gasteiger partial charge in [-0.3, -0.25) is 4.79 Å². The van der Waals surface area contributed by atoms with Crippen molar-refractivity contribution in [3.05, 3.63) is 35.4 Å². The average molecular weight is 286 g/mol. The van der Waals surface area contributed by atoms with E-state index in [2.05, 4.69) is 36.5 Å². The van der Waals surface area contributed by atoms with Gasteiger partial charge in [0.1, 0.15) is 0 Å². The van der Waals surface area contributed by atoms with E-state index in [0.717, 1.165) is 38.8 Å². The van der Waals surface area contributed by atoms with E-state index in [1.165, 1.54) is 17.5 Å². The van der Waals surface area contributed by atoms with Crippen molar-refractivity contribution in [2.75, 3.05) is 20.1 Å². The molecule has 3 heteroatoms. The zero-order chi connectivity index (χ0) is 14.9. The number of rotatable bonds is 2. The highest BCUT2D eigenvalue weighted by atomic mass is 16.2. The molecule has 0 aromatic heterocycles. The van der Waals surface area contributed by atoms with Crippen LogP contribution in [0.3, 0.4) is 0 Å². The fourth-order valence-corrected chi connectivity index (χ4v) is 3.89. The molecule has 1 unspecified atom stereocenters. The van der Waals surface area contributed by atoms with Crippen LogP contribution in [0.4, 0.5) is 0 Å². The van der Waals surface area contributed by atoms with Gasteiger partial charge in [-0.2, -0.15) is 0 Å². The van der Waals surface area contributed by atoms with Gasteiger partial charge in [-0.1, -0.05) is 31.2 Å². The first-order chi connectivity index (χ1) is 10.1. The molecule has 3 nitrogen and oxygen atoms in total. The number of piperidine rings is 1. The summed E-state index contributed by atoms with van der Waals surface area (Å²) < 4.78 is 0. The van der Waals surface area contributed by atoms with E-state index in [9.17, 15) is 4.79 Å². The van der Waals surface area contributed by atoms with Gasteiger partial charge in [0.25, 0.3) is 0 Å². The van der Waals surface area contributed by atoms with Crippen molar-refractivity contribution >= 4 is 5.91 Å². The van der Waals surface area contributed by atoms with Gasteiger partial charge >= 0.3 is 0 Å². The topological polar surface area (TPSA) is 32.3 Å². The zero-order valence-electron chi connectivity index (χ0n) is 13.2. The number of carbonyl (C=O) groups is 1. The van der Waals surface area contributed by atoms with Crippen LogP contribution in [0.5, 0.6) is 0 Å². The van der Waals surface area contributed by atoms with Gasteiger partial charge in [-0.15, -0.1) is 0 Å². The molecule has 1 N–H and O–H groups in total. The maximum Gasteiger partial charge on any atom is 0.228 e. The Balaban J connectivity index is 1.82. The lowest BCUT2D eigenvalue weighted by molar-refractivity contribution is -0.144. The molecule has 2 aliphatic rings. The smallest absolute Gasteiger partial charge is 0.228 e. The summed E-state index contributed by atoms with van der Waals surface area (Å²) in [6.45, 7) is 4.05. The second-order valence-corrected chi connectivity index (χ2v) is 6.83. The van der Waals surface area contributed by atoms with E-state index in [4.69, 9.17) is 0 Å². The first-order valence-corrected chi connectivity index (χ1v) is 8.18. The number of fused-ring (bicyclic) bond motifs is 1. The van der Waals surface area contributed by atoms with Crippen molar-refractivity contribution in [1.29, 1.82) is 0 Å². The van der Waals surface area contributed by atoms with Crippen LogP contribution in [0.15, 0.2) is 24.3 Å². The quantitative estimate of drug-likeness (QED) is 0.906. The summed E-state index contributed by atoms with van der Waals surface area (Å²) in [5.74, 6) is 0.325. The lowest BCUT2D eigenvalue weighted by atomic mass is 9.78. The van der Waals surface area contributed by atoms with Crippen molar-refractivity contribution in [3.63, 3.8) is 0 Å². The Morgan fingerprint density at radius 3 is 2.76 bits per heavy atom. The molecule has 114 valence electrons. The predicted molar refractivity (Wildman–Crippen MR) is 85.1 cm³/mol. The van der Waals surface area contributed by atoms with Crippen LogP contribution in [-0.2, 0) is 11.2 Å². The zero-order valence-corrected chi connectivity index (χ0v) is 13.2. The van der Waals surface area contributed by atoms with Crippen LogP contribution in [0, 0.1) is 5.41 Å². The molecular weight excluding hydrogens is 260 g/mol. The van der Waals surface area contributed by atoms with E-state index in [0.29, 0.717) is 5.91 Å². The van der Waals surface area contributed by atoms with Gasteiger partial charge in [0.2, 0.25) is 5.91 Å². The highest BCUT2D eigenvalue weighted by Gasteiger charge is 2.39. The molecule has 0 spiro atoms. The minimum absolute atomic E-state index is 0.188. The summed E-state index contributed by atoms with van der Waals surface area (Å²) in [5.41, 5.74) is 2.59. The minimum Gasteiger partial charge on any atom is -0.338 e. The lowest BCUT2D eigenvalue weighted by Gasteiger charge is -2.40. The van der Waals surface area contributed by atoms with Crippen LogP contribution in [0.1, 0.15) is 49.8 Å². The van der Waals surface area contributed by atoms with E-state index in [1.54, 1.807) is 0 Å². The molecule has 1 aliphatic heterocycles. The third kappa shape index (κ3) is 2.71. The van der Waals surface area contributed by atoms with Gasteiger partial charge in [0.05, 0.1) is 6.04 Å². The molecule has 1 aliphatic carbocycles. The van der Waals surface area contributed by atoms with Gasteiger partial charge in [-0.25, -0.2) is 0 Å². The SMILES string of the molecule is CN(C(=O)C1(C)CCNCC1)C1CCCc2ccccc21. The van der Waals surface area contributed by atoms with Gasteiger partial charge in [0, 0.05) is 12.5 Å². The molecule has 3 rings (SSSR count). The molecule has 1 fully saturated rings. The van der Waals surface area contributed by atoms with Gasteiger partial charge in [0.15, 0.2) is 0 Å². The molecule has 0 radical (unpaired) electrons. The Kier molecular flexibility index (Phi) is 4.03. The summed E-state index contributed by atoms with van der Waals surface area (Å²) in [6, 6.07) is 8.88. The number of hydrogen-bond acceptors (Lipinski definition) is 2. The van der Waals surface area contributed by atoms with E-state index >= 15 is 0 Å². The highest BCUT2D eigenvalue weighted by molar-refractivity contribution is 5.82. The summed E-state index contributed by atoms with van der Waals surface area (Å²) in [7, 11) is 2.00. The van der Waals surface area contributed by atoms with Crippen LogP contribution in [0.2, 0.25) is 0 Å². The largest absolute Gasteiger partial charge is 0.338 e. The molecule has 1 saturated heterocycles. The molecular formula is C18H26N2O. The van der Waals surface area contributed by atoms with Crippen molar-refractivity contribution in [1.82, 2.24) is 10.2 Å². The maximum atomic E-state index is 13.0. The third-order valence-electron chi connectivity index (χ3n) is 5.35. The Morgan fingerprint density at radius 1 is 1.29 bits per heavy atom. The van der Waals surface area contributed by atoms with Crippen LogP contribution >= 0.6 is 0 Å². The molecule has 1 atom stereocenters. The predicted octanol–water partition coefficient (Wildman–Crippen LogP) is 2.91. The second kappa shape index (κ2) is 5.80. The molecule has 0 bridgehead atoms. The Morgan fingerprint density at radius 2 is 2.00 bits per heavy atom. The van der Waals surface area contributed by atoms with E-state index < -0.39 is 0 Å². The monoisotopic (exact) mass is 286 g/mol. The van der Waals surface area contributed by atoms with Crippen molar-refractivity contribution < 1.29 is 4.79 Å². The lowest BCUT2D eigenvalue weighted by Crippen LogP contribution is -2.47.